The zero-order valence-corrected chi connectivity index (χ0v) is 8.32. The van der Waals surface area contributed by atoms with Crippen LogP contribution in [-0.2, 0) is 9.47 Å². The highest BCUT2D eigenvalue weighted by atomic mass is 16.6. The molecule has 2 heterocycles. The van der Waals surface area contributed by atoms with E-state index in [0.717, 1.165) is 19.4 Å². The van der Waals surface area contributed by atoms with Crippen LogP contribution in [-0.4, -0.2) is 36.1 Å². The number of rotatable bonds is 3. The Labute approximate surface area is 79.0 Å². The van der Waals surface area contributed by atoms with Gasteiger partial charge in [0, 0.05) is 12.5 Å². The monoisotopic (exact) mass is 186 g/mol. The molecule has 3 nitrogen and oxygen atoms in total. The molecule has 2 aliphatic heterocycles. The molecule has 0 aliphatic carbocycles. The lowest BCUT2D eigenvalue weighted by Crippen LogP contribution is -2.33. The SMILES string of the molecule is CC(CO)C1CC[C@@](C)(C2CO2)O1. The number of hydrogen-bond donors (Lipinski definition) is 1. The van der Waals surface area contributed by atoms with E-state index in [2.05, 4.69) is 6.92 Å². The molecule has 0 aromatic heterocycles. The van der Waals surface area contributed by atoms with Gasteiger partial charge in [0.15, 0.2) is 0 Å². The van der Waals surface area contributed by atoms with Crippen LogP contribution in [0.25, 0.3) is 0 Å². The van der Waals surface area contributed by atoms with Crippen LogP contribution < -0.4 is 0 Å². The molecule has 0 aromatic rings. The van der Waals surface area contributed by atoms with Gasteiger partial charge < -0.3 is 14.6 Å². The van der Waals surface area contributed by atoms with Crippen LogP contribution in [0.1, 0.15) is 26.7 Å². The summed E-state index contributed by atoms with van der Waals surface area (Å²) >= 11 is 0. The van der Waals surface area contributed by atoms with E-state index < -0.39 is 0 Å². The average Bonchev–Trinajstić information content (AvgIpc) is 2.90. The van der Waals surface area contributed by atoms with Crippen molar-refractivity contribution in [2.75, 3.05) is 13.2 Å². The van der Waals surface area contributed by atoms with Crippen molar-refractivity contribution in [3.05, 3.63) is 0 Å². The van der Waals surface area contributed by atoms with Crippen molar-refractivity contribution in [2.45, 2.75) is 44.5 Å². The van der Waals surface area contributed by atoms with Gasteiger partial charge in [-0.05, 0) is 19.8 Å². The Morgan fingerprint density at radius 3 is 2.85 bits per heavy atom. The molecule has 0 spiro atoms. The maximum atomic E-state index is 9.01. The number of epoxide rings is 1. The van der Waals surface area contributed by atoms with E-state index in [1.54, 1.807) is 0 Å². The number of aliphatic hydroxyl groups excluding tert-OH is 1. The average molecular weight is 186 g/mol. The Balaban J connectivity index is 1.92. The normalized spacial score (nSPS) is 46.4. The lowest BCUT2D eigenvalue weighted by Gasteiger charge is -2.24. The van der Waals surface area contributed by atoms with Gasteiger partial charge >= 0.3 is 0 Å². The quantitative estimate of drug-likeness (QED) is 0.667. The molecule has 2 aliphatic rings. The van der Waals surface area contributed by atoms with E-state index in [0.29, 0.717) is 6.10 Å². The van der Waals surface area contributed by atoms with Crippen molar-refractivity contribution >= 4 is 0 Å². The van der Waals surface area contributed by atoms with E-state index in [9.17, 15) is 0 Å². The summed E-state index contributed by atoms with van der Waals surface area (Å²) in [5, 5.41) is 9.01. The first-order valence-corrected chi connectivity index (χ1v) is 5.06. The van der Waals surface area contributed by atoms with E-state index in [4.69, 9.17) is 14.6 Å². The Morgan fingerprint density at radius 1 is 1.62 bits per heavy atom. The molecule has 13 heavy (non-hydrogen) atoms. The summed E-state index contributed by atoms with van der Waals surface area (Å²) in [5.41, 5.74) is -0.0753. The second-order valence-corrected chi connectivity index (χ2v) is 4.49. The van der Waals surface area contributed by atoms with Gasteiger partial charge in [0.1, 0.15) is 6.10 Å². The van der Waals surface area contributed by atoms with Crippen LogP contribution in [0.2, 0.25) is 0 Å². The lowest BCUT2D eigenvalue weighted by atomic mass is 9.97. The molecule has 2 rings (SSSR count). The van der Waals surface area contributed by atoms with Gasteiger partial charge in [-0.3, -0.25) is 0 Å². The fourth-order valence-electron chi connectivity index (χ4n) is 2.05. The maximum absolute atomic E-state index is 9.01. The molecule has 0 radical (unpaired) electrons. The summed E-state index contributed by atoms with van der Waals surface area (Å²) in [6.07, 6.45) is 2.65. The van der Waals surface area contributed by atoms with Crippen molar-refractivity contribution in [3.63, 3.8) is 0 Å². The van der Waals surface area contributed by atoms with Crippen LogP contribution >= 0.6 is 0 Å². The largest absolute Gasteiger partial charge is 0.396 e. The minimum Gasteiger partial charge on any atom is -0.396 e. The molecule has 3 heteroatoms. The second kappa shape index (κ2) is 3.23. The fourth-order valence-corrected chi connectivity index (χ4v) is 2.05. The molecule has 1 N–H and O–H groups in total. The number of hydrogen-bond acceptors (Lipinski definition) is 3. The molecular weight excluding hydrogens is 168 g/mol. The number of aliphatic hydroxyl groups is 1. The van der Waals surface area contributed by atoms with E-state index in [-0.39, 0.29) is 24.2 Å². The second-order valence-electron chi connectivity index (χ2n) is 4.49. The molecule has 2 fully saturated rings. The third-order valence-corrected chi connectivity index (χ3v) is 3.28. The van der Waals surface area contributed by atoms with Crippen LogP contribution in [0.15, 0.2) is 0 Å². The molecule has 76 valence electrons. The highest BCUT2D eigenvalue weighted by molar-refractivity contribution is 4.97. The van der Waals surface area contributed by atoms with Crippen LogP contribution in [0, 0.1) is 5.92 Å². The first-order chi connectivity index (χ1) is 6.15. The molecular formula is C10H18O3. The van der Waals surface area contributed by atoms with Crippen LogP contribution in [0.4, 0.5) is 0 Å². The minimum absolute atomic E-state index is 0.0753. The Bertz CT molecular complexity index is 191. The van der Waals surface area contributed by atoms with Crippen molar-refractivity contribution in [2.24, 2.45) is 5.92 Å². The standard InChI is InChI=1S/C10H18O3/c1-7(5-11)8-3-4-10(2,13-8)9-6-12-9/h7-9,11H,3-6H2,1-2H3/t7?,8?,9?,10-/m0/s1. The van der Waals surface area contributed by atoms with E-state index in [1.165, 1.54) is 0 Å². The lowest BCUT2D eigenvalue weighted by molar-refractivity contribution is -0.0699. The number of ether oxygens (including phenoxy) is 2. The highest BCUT2D eigenvalue weighted by Gasteiger charge is 2.49. The Kier molecular flexibility index (Phi) is 2.34. The highest BCUT2D eigenvalue weighted by Crippen LogP contribution is 2.41. The molecule has 4 atom stereocenters. The molecule has 0 aromatic carbocycles. The molecule has 0 saturated carbocycles. The summed E-state index contributed by atoms with van der Waals surface area (Å²) in [7, 11) is 0. The van der Waals surface area contributed by atoms with Crippen molar-refractivity contribution in [1.82, 2.24) is 0 Å². The molecule has 0 bridgehead atoms. The summed E-state index contributed by atoms with van der Waals surface area (Å²) in [4.78, 5) is 0. The van der Waals surface area contributed by atoms with Gasteiger partial charge in [0.2, 0.25) is 0 Å². The molecule has 0 amide bonds. The zero-order valence-electron chi connectivity index (χ0n) is 8.32. The van der Waals surface area contributed by atoms with Crippen molar-refractivity contribution < 1.29 is 14.6 Å². The predicted octanol–water partition coefficient (Wildman–Crippen LogP) is 0.951. The molecule has 3 unspecified atom stereocenters. The third-order valence-electron chi connectivity index (χ3n) is 3.28. The van der Waals surface area contributed by atoms with Gasteiger partial charge in [-0.25, -0.2) is 0 Å². The van der Waals surface area contributed by atoms with Crippen molar-refractivity contribution in [3.8, 4) is 0 Å². The van der Waals surface area contributed by atoms with Crippen LogP contribution in [0.3, 0.4) is 0 Å². The van der Waals surface area contributed by atoms with Gasteiger partial charge in [0.25, 0.3) is 0 Å². The Morgan fingerprint density at radius 2 is 2.31 bits per heavy atom. The predicted molar refractivity (Wildman–Crippen MR) is 48.5 cm³/mol. The Hall–Kier alpha value is -0.120. The first kappa shape index (κ1) is 9.44. The fraction of sp³-hybridized carbons (Fsp3) is 1.00. The smallest absolute Gasteiger partial charge is 0.110 e. The van der Waals surface area contributed by atoms with Crippen LogP contribution in [0.5, 0.6) is 0 Å². The maximum Gasteiger partial charge on any atom is 0.110 e. The van der Waals surface area contributed by atoms with Gasteiger partial charge in [-0.1, -0.05) is 6.92 Å². The molecule has 2 saturated heterocycles. The van der Waals surface area contributed by atoms with Gasteiger partial charge in [-0.15, -0.1) is 0 Å². The third kappa shape index (κ3) is 1.73. The summed E-state index contributed by atoms with van der Waals surface area (Å²) in [6.45, 7) is 5.21. The van der Waals surface area contributed by atoms with Crippen molar-refractivity contribution in [1.29, 1.82) is 0 Å². The summed E-state index contributed by atoms with van der Waals surface area (Å²) < 4.78 is 11.2. The zero-order chi connectivity index (χ0) is 9.47. The summed E-state index contributed by atoms with van der Waals surface area (Å²) in [6, 6.07) is 0. The van der Waals surface area contributed by atoms with E-state index >= 15 is 0 Å². The summed E-state index contributed by atoms with van der Waals surface area (Å²) in [5.74, 6) is 0.251. The van der Waals surface area contributed by atoms with Gasteiger partial charge in [0.05, 0.1) is 18.3 Å². The van der Waals surface area contributed by atoms with E-state index in [1.807, 2.05) is 6.92 Å². The van der Waals surface area contributed by atoms with Gasteiger partial charge in [-0.2, -0.15) is 0 Å². The minimum atomic E-state index is -0.0753. The topological polar surface area (TPSA) is 42.0 Å². The first-order valence-electron chi connectivity index (χ1n) is 5.06.